The molecular weight excluding hydrogens is 389 g/mol. The Hall–Kier alpha value is -3.82. The quantitative estimate of drug-likeness (QED) is 0.488. The highest BCUT2D eigenvalue weighted by molar-refractivity contribution is 5.78. The first-order valence-electron chi connectivity index (χ1n) is 9.37. The lowest BCUT2D eigenvalue weighted by molar-refractivity contribution is -0.152. The third kappa shape index (κ3) is 3.47. The number of hydrogen-bond acceptors (Lipinski definition) is 7. The van der Waals surface area contributed by atoms with Gasteiger partial charge in [-0.25, -0.2) is 9.18 Å². The molecule has 0 saturated carbocycles. The van der Waals surface area contributed by atoms with Gasteiger partial charge >= 0.3 is 5.97 Å². The van der Waals surface area contributed by atoms with Crippen LogP contribution in [0.15, 0.2) is 48.8 Å². The Bertz CT molecular complexity index is 1210. The molecule has 0 saturated heterocycles. The minimum atomic E-state index is -0.959. The zero-order chi connectivity index (χ0) is 21.3. The van der Waals surface area contributed by atoms with E-state index in [9.17, 15) is 9.18 Å². The lowest BCUT2D eigenvalue weighted by Gasteiger charge is -2.22. The van der Waals surface area contributed by atoms with Crippen molar-refractivity contribution in [3.05, 3.63) is 54.6 Å². The van der Waals surface area contributed by atoms with Gasteiger partial charge in [0.05, 0.1) is 24.1 Å². The lowest BCUT2D eigenvalue weighted by atomic mass is 10.1. The molecule has 0 radical (unpaired) electrons. The van der Waals surface area contributed by atoms with E-state index in [1.54, 1.807) is 63.5 Å². The fraction of sp³-hybridized carbons (Fsp3) is 0.250. The maximum Gasteiger partial charge on any atom is 0.333 e. The second kappa shape index (κ2) is 7.54. The molecule has 0 bridgehead atoms. The maximum absolute atomic E-state index is 14.2. The summed E-state index contributed by atoms with van der Waals surface area (Å²) in [6, 6.07) is 9.76. The van der Waals surface area contributed by atoms with Gasteiger partial charge in [-0.15, -0.1) is 15.3 Å². The van der Waals surface area contributed by atoms with E-state index in [1.165, 1.54) is 15.3 Å². The molecule has 4 rings (SSSR count). The van der Waals surface area contributed by atoms with Crippen LogP contribution in [0, 0.1) is 5.82 Å². The number of carbonyl (C=O) groups is 1. The SMILES string of the molecule is CCOC(=O)C(C)(C)n1cc(Nc2ccc3nnc(-c4ccccc4F)n3n2)cn1. The molecule has 4 aromatic rings. The Morgan fingerprint density at radius 2 is 2.00 bits per heavy atom. The van der Waals surface area contributed by atoms with Crippen molar-refractivity contribution >= 4 is 23.1 Å². The fourth-order valence-electron chi connectivity index (χ4n) is 2.91. The monoisotopic (exact) mass is 409 g/mol. The molecule has 0 fully saturated rings. The molecule has 0 unspecified atom stereocenters. The van der Waals surface area contributed by atoms with Gasteiger partial charge in [0.1, 0.15) is 5.82 Å². The Morgan fingerprint density at radius 3 is 2.77 bits per heavy atom. The van der Waals surface area contributed by atoms with E-state index in [-0.39, 0.29) is 5.97 Å². The number of esters is 1. The summed E-state index contributed by atoms with van der Waals surface area (Å²) in [4.78, 5) is 12.2. The van der Waals surface area contributed by atoms with Crippen LogP contribution in [0.5, 0.6) is 0 Å². The van der Waals surface area contributed by atoms with E-state index < -0.39 is 11.4 Å². The van der Waals surface area contributed by atoms with Gasteiger partial charge in [-0.2, -0.15) is 9.61 Å². The van der Waals surface area contributed by atoms with Gasteiger partial charge in [0, 0.05) is 6.20 Å². The molecule has 0 aliphatic carbocycles. The first kappa shape index (κ1) is 19.5. The van der Waals surface area contributed by atoms with Gasteiger partial charge < -0.3 is 10.1 Å². The summed E-state index contributed by atoms with van der Waals surface area (Å²) in [6.07, 6.45) is 3.27. The number of ether oxygens (including phenoxy) is 1. The Morgan fingerprint density at radius 1 is 1.20 bits per heavy atom. The fourth-order valence-corrected chi connectivity index (χ4v) is 2.91. The van der Waals surface area contributed by atoms with E-state index in [0.717, 1.165) is 0 Å². The van der Waals surface area contributed by atoms with Crippen molar-refractivity contribution < 1.29 is 13.9 Å². The standard InChI is InChI=1S/C20H20FN7O2/c1-4-30-19(29)20(2,3)27-12-13(11-22-27)23-16-9-10-17-24-25-18(28(17)26-16)14-7-5-6-8-15(14)21/h5-12H,4H2,1-3H3,(H,23,26). The van der Waals surface area contributed by atoms with Crippen molar-refractivity contribution in [3.63, 3.8) is 0 Å². The van der Waals surface area contributed by atoms with Crippen LogP contribution >= 0.6 is 0 Å². The summed E-state index contributed by atoms with van der Waals surface area (Å²) in [5.41, 5.74) is 0.455. The molecule has 0 atom stereocenters. The first-order chi connectivity index (χ1) is 14.4. The molecule has 1 aromatic carbocycles. The van der Waals surface area contributed by atoms with Crippen molar-refractivity contribution in [1.82, 2.24) is 29.6 Å². The van der Waals surface area contributed by atoms with E-state index in [4.69, 9.17) is 4.74 Å². The summed E-state index contributed by atoms with van der Waals surface area (Å²) in [5.74, 6) is -0.00748. The number of rotatable bonds is 6. The number of nitrogens with one attached hydrogen (secondary N) is 1. The highest BCUT2D eigenvalue weighted by Gasteiger charge is 2.32. The predicted octanol–water partition coefficient (Wildman–Crippen LogP) is 3.17. The summed E-state index contributed by atoms with van der Waals surface area (Å²) in [5, 5.41) is 20.0. The second-order valence-electron chi connectivity index (χ2n) is 7.07. The normalized spacial score (nSPS) is 11.6. The summed E-state index contributed by atoms with van der Waals surface area (Å²) < 4.78 is 22.3. The van der Waals surface area contributed by atoms with E-state index in [1.807, 2.05) is 0 Å². The van der Waals surface area contributed by atoms with Crippen LogP contribution in [0.3, 0.4) is 0 Å². The summed E-state index contributed by atoms with van der Waals surface area (Å²) in [7, 11) is 0. The molecule has 30 heavy (non-hydrogen) atoms. The predicted molar refractivity (Wildman–Crippen MR) is 108 cm³/mol. The van der Waals surface area contributed by atoms with Crippen LogP contribution in [-0.2, 0) is 15.1 Å². The van der Waals surface area contributed by atoms with Crippen molar-refractivity contribution in [2.75, 3.05) is 11.9 Å². The number of benzene rings is 1. The molecule has 10 heteroatoms. The van der Waals surface area contributed by atoms with Gasteiger partial charge in [0.15, 0.2) is 22.8 Å². The Kier molecular flexibility index (Phi) is 4.90. The van der Waals surface area contributed by atoms with Gasteiger partial charge in [0.25, 0.3) is 0 Å². The molecule has 0 aliphatic rings. The van der Waals surface area contributed by atoms with Crippen LogP contribution in [0.1, 0.15) is 20.8 Å². The van der Waals surface area contributed by atoms with E-state index >= 15 is 0 Å². The van der Waals surface area contributed by atoms with Crippen molar-refractivity contribution in [2.45, 2.75) is 26.3 Å². The molecule has 0 amide bonds. The van der Waals surface area contributed by atoms with Crippen molar-refractivity contribution in [3.8, 4) is 11.4 Å². The van der Waals surface area contributed by atoms with Gasteiger partial charge in [-0.3, -0.25) is 4.68 Å². The van der Waals surface area contributed by atoms with Crippen LogP contribution < -0.4 is 5.32 Å². The summed E-state index contributed by atoms with van der Waals surface area (Å²) in [6.45, 7) is 5.50. The lowest BCUT2D eigenvalue weighted by Crippen LogP contribution is -2.37. The topological polar surface area (TPSA) is 99.2 Å². The molecular formula is C20H20FN7O2. The van der Waals surface area contributed by atoms with Crippen molar-refractivity contribution in [1.29, 1.82) is 0 Å². The molecule has 0 aliphatic heterocycles. The second-order valence-corrected chi connectivity index (χ2v) is 7.07. The third-order valence-corrected chi connectivity index (χ3v) is 4.58. The number of aromatic nitrogens is 6. The van der Waals surface area contributed by atoms with Crippen LogP contribution in [0.4, 0.5) is 15.9 Å². The van der Waals surface area contributed by atoms with E-state index in [2.05, 4.69) is 25.7 Å². The van der Waals surface area contributed by atoms with Gasteiger partial charge in [0.2, 0.25) is 0 Å². The Balaban J connectivity index is 1.63. The average Bonchev–Trinajstić information content (AvgIpc) is 3.36. The van der Waals surface area contributed by atoms with E-state index in [0.29, 0.717) is 35.1 Å². The number of nitrogens with zero attached hydrogens (tertiary/aromatic N) is 6. The minimum absolute atomic E-state index is 0.294. The average molecular weight is 409 g/mol. The number of carbonyl (C=O) groups excluding carboxylic acids is 1. The molecule has 1 N–H and O–H groups in total. The number of hydrogen-bond donors (Lipinski definition) is 1. The van der Waals surface area contributed by atoms with Crippen LogP contribution in [0.2, 0.25) is 0 Å². The zero-order valence-corrected chi connectivity index (χ0v) is 16.7. The van der Waals surface area contributed by atoms with Crippen LogP contribution in [-0.4, -0.2) is 42.2 Å². The highest BCUT2D eigenvalue weighted by Crippen LogP contribution is 2.23. The minimum Gasteiger partial charge on any atom is -0.464 e. The Labute approximate surface area is 171 Å². The molecule has 0 spiro atoms. The molecule has 154 valence electrons. The molecule has 9 nitrogen and oxygen atoms in total. The first-order valence-corrected chi connectivity index (χ1v) is 9.37. The number of anilines is 2. The zero-order valence-electron chi connectivity index (χ0n) is 16.7. The number of fused-ring (bicyclic) bond motifs is 1. The largest absolute Gasteiger partial charge is 0.464 e. The highest BCUT2D eigenvalue weighted by atomic mass is 19.1. The third-order valence-electron chi connectivity index (χ3n) is 4.58. The molecule has 3 heterocycles. The van der Waals surface area contributed by atoms with Crippen molar-refractivity contribution in [2.24, 2.45) is 0 Å². The smallest absolute Gasteiger partial charge is 0.333 e. The number of halogens is 1. The summed E-state index contributed by atoms with van der Waals surface area (Å²) >= 11 is 0. The van der Waals surface area contributed by atoms with Gasteiger partial charge in [-0.05, 0) is 45.0 Å². The van der Waals surface area contributed by atoms with Gasteiger partial charge in [-0.1, -0.05) is 12.1 Å². The maximum atomic E-state index is 14.2. The molecule has 3 aromatic heterocycles. The van der Waals surface area contributed by atoms with Crippen LogP contribution in [0.25, 0.3) is 17.0 Å².